The number of nitrogens with one attached hydrogen (secondary N) is 1. The highest BCUT2D eigenvalue weighted by atomic mass is 32.2. The molecule has 2 aromatic carbocycles. The SMILES string of the molecule is CCC(CC)NC(=O)CSc1nnc(-c2cc(OC)c(OC)c(OC)c2)n1-c1ccccc1F. The van der Waals surface area contributed by atoms with E-state index in [1.807, 2.05) is 13.8 Å². The number of methoxy groups -OCH3 is 3. The van der Waals surface area contributed by atoms with Crippen molar-refractivity contribution >= 4 is 17.7 Å². The molecule has 3 aromatic rings. The van der Waals surface area contributed by atoms with E-state index in [4.69, 9.17) is 14.2 Å². The molecule has 0 saturated carbocycles. The summed E-state index contributed by atoms with van der Waals surface area (Å²) in [5.41, 5.74) is 0.845. The van der Waals surface area contributed by atoms with Crippen LogP contribution >= 0.6 is 11.8 Å². The van der Waals surface area contributed by atoms with Gasteiger partial charge in [0.2, 0.25) is 11.7 Å². The molecule has 3 rings (SSSR count). The lowest BCUT2D eigenvalue weighted by Crippen LogP contribution is -2.35. The van der Waals surface area contributed by atoms with Crippen LogP contribution < -0.4 is 19.5 Å². The molecule has 8 nitrogen and oxygen atoms in total. The van der Waals surface area contributed by atoms with Crippen LogP contribution in [0.2, 0.25) is 0 Å². The maximum absolute atomic E-state index is 14.9. The molecule has 0 saturated heterocycles. The standard InChI is InChI=1S/C24H29FN4O4S/c1-6-16(7-2)26-21(30)14-34-24-28-27-23(29(24)18-11-9-8-10-17(18)25)15-12-19(31-3)22(33-5)20(13-15)32-4/h8-13,16H,6-7,14H2,1-5H3,(H,26,30). The smallest absolute Gasteiger partial charge is 0.230 e. The normalized spacial score (nSPS) is 10.9. The van der Waals surface area contributed by atoms with Crippen molar-refractivity contribution in [3.05, 3.63) is 42.2 Å². The second kappa shape index (κ2) is 11.7. The molecule has 0 spiro atoms. The van der Waals surface area contributed by atoms with Crippen LogP contribution in [0.25, 0.3) is 17.1 Å². The summed E-state index contributed by atoms with van der Waals surface area (Å²) in [5.74, 6) is 1.22. The number of halogens is 1. The number of aromatic nitrogens is 3. The zero-order chi connectivity index (χ0) is 24.7. The summed E-state index contributed by atoms with van der Waals surface area (Å²) in [6, 6.07) is 9.89. The van der Waals surface area contributed by atoms with Crippen molar-refractivity contribution < 1.29 is 23.4 Å². The predicted molar refractivity (Wildman–Crippen MR) is 130 cm³/mol. The van der Waals surface area contributed by atoms with Crippen molar-refractivity contribution in [1.82, 2.24) is 20.1 Å². The van der Waals surface area contributed by atoms with Gasteiger partial charge in [0, 0.05) is 11.6 Å². The van der Waals surface area contributed by atoms with E-state index in [0.717, 1.165) is 12.8 Å². The highest BCUT2D eigenvalue weighted by Gasteiger charge is 2.23. The molecule has 182 valence electrons. The molecule has 1 aromatic heterocycles. The second-order valence-corrected chi connectivity index (χ2v) is 8.32. The van der Waals surface area contributed by atoms with Gasteiger partial charge >= 0.3 is 0 Å². The maximum atomic E-state index is 14.9. The fourth-order valence-electron chi connectivity index (χ4n) is 3.50. The van der Waals surface area contributed by atoms with Gasteiger partial charge in [0.05, 0.1) is 32.8 Å². The summed E-state index contributed by atoms with van der Waals surface area (Å²) >= 11 is 1.19. The van der Waals surface area contributed by atoms with Crippen LogP contribution in [0.15, 0.2) is 41.6 Å². The van der Waals surface area contributed by atoms with Crippen molar-refractivity contribution in [3.63, 3.8) is 0 Å². The van der Waals surface area contributed by atoms with Crippen molar-refractivity contribution in [1.29, 1.82) is 0 Å². The van der Waals surface area contributed by atoms with Crippen LogP contribution in [0.5, 0.6) is 17.2 Å². The molecular weight excluding hydrogens is 459 g/mol. The summed E-state index contributed by atoms with van der Waals surface area (Å²) in [4.78, 5) is 12.5. The number of rotatable bonds is 11. The third-order valence-corrected chi connectivity index (χ3v) is 6.26. The molecule has 0 bridgehead atoms. The van der Waals surface area contributed by atoms with Gasteiger partial charge in [-0.2, -0.15) is 0 Å². The molecule has 0 aliphatic rings. The summed E-state index contributed by atoms with van der Waals surface area (Å²) < 4.78 is 32.8. The molecule has 0 aliphatic heterocycles. The Morgan fingerprint density at radius 2 is 1.71 bits per heavy atom. The van der Waals surface area contributed by atoms with Crippen molar-refractivity contribution in [3.8, 4) is 34.3 Å². The number of thioether (sulfide) groups is 1. The Kier molecular flexibility index (Phi) is 8.75. The molecule has 0 unspecified atom stereocenters. The van der Waals surface area contributed by atoms with Crippen LogP contribution in [0.4, 0.5) is 4.39 Å². The summed E-state index contributed by atoms with van der Waals surface area (Å²) in [6.45, 7) is 4.06. The number of para-hydroxylation sites is 1. The van der Waals surface area contributed by atoms with Crippen LogP contribution in [-0.4, -0.2) is 53.8 Å². The van der Waals surface area contributed by atoms with Gasteiger partial charge in [-0.1, -0.05) is 37.7 Å². The van der Waals surface area contributed by atoms with Gasteiger partial charge in [0.1, 0.15) is 5.82 Å². The van der Waals surface area contributed by atoms with Crippen LogP contribution in [0, 0.1) is 5.82 Å². The van der Waals surface area contributed by atoms with Crippen molar-refractivity contribution in [2.75, 3.05) is 27.1 Å². The Labute approximate surface area is 202 Å². The lowest BCUT2D eigenvalue weighted by molar-refractivity contribution is -0.119. The minimum absolute atomic E-state index is 0.115. The molecule has 0 aliphatic carbocycles. The summed E-state index contributed by atoms with van der Waals surface area (Å²) in [6.07, 6.45) is 1.70. The molecule has 1 heterocycles. The van der Waals surface area contributed by atoms with E-state index in [2.05, 4.69) is 15.5 Å². The first-order valence-electron chi connectivity index (χ1n) is 10.9. The first-order valence-corrected chi connectivity index (χ1v) is 11.9. The van der Waals surface area contributed by atoms with Gasteiger partial charge in [-0.15, -0.1) is 10.2 Å². The number of benzene rings is 2. The minimum Gasteiger partial charge on any atom is -0.493 e. The molecule has 1 amide bonds. The quantitative estimate of drug-likeness (QED) is 0.398. The number of amides is 1. The number of carbonyl (C=O) groups is 1. The highest BCUT2D eigenvalue weighted by Crippen LogP contribution is 2.41. The molecule has 0 fully saturated rings. The van der Waals surface area contributed by atoms with E-state index in [-0.39, 0.29) is 23.4 Å². The average molecular weight is 489 g/mol. The number of ether oxygens (including phenoxy) is 3. The van der Waals surface area contributed by atoms with E-state index in [0.29, 0.717) is 33.8 Å². The van der Waals surface area contributed by atoms with Crippen LogP contribution in [-0.2, 0) is 4.79 Å². The molecule has 0 radical (unpaired) electrons. The zero-order valence-electron chi connectivity index (χ0n) is 19.9. The summed E-state index contributed by atoms with van der Waals surface area (Å²) in [7, 11) is 4.55. The molecule has 0 atom stereocenters. The van der Waals surface area contributed by atoms with Crippen LogP contribution in [0.3, 0.4) is 0 Å². The zero-order valence-corrected chi connectivity index (χ0v) is 20.7. The van der Waals surface area contributed by atoms with Crippen molar-refractivity contribution in [2.24, 2.45) is 0 Å². The Bertz CT molecular complexity index is 1110. The monoisotopic (exact) mass is 488 g/mol. The van der Waals surface area contributed by atoms with E-state index in [9.17, 15) is 9.18 Å². The molecule has 10 heteroatoms. The fraction of sp³-hybridized carbons (Fsp3) is 0.375. The lowest BCUT2D eigenvalue weighted by Gasteiger charge is -2.16. The Morgan fingerprint density at radius 3 is 2.26 bits per heavy atom. The van der Waals surface area contributed by atoms with Gasteiger partial charge in [-0.3, -0.25) is 9.36 Å². The largest absolute Gasteiger partial charge is 0.493 e. The van der Waals surface area contributed by atoms with Gasteiger partial charge in [0.25, 0.3) is 0 Å². The lowest BCUT2D eigenvalue weighted by atomic mass is 10.1. The Morgan fingerprint density at radius 1 is 1.06 bits per heavy atom. The van der Waals surface area contributed by atoms with E-state index < -0.39 is 5.82 Å². The first-order chi connectivity index (χ1) is 16.5. The minimum atomic E-state index is -0.445. The van der Waals surface area contributed by atoms with E-state index in [1.54, 1.807) is 34.9 Å². The van der Waals surface area contributed by atoms with E-state index >= 15 is 0 Å². The third kappa shape index (κ3) is 5.44. The van der Waals surface area contributed by atoms with Gasteiger partial charge in [-0.25, -0.2) is 4.39 Å². The van der Waals surface area contributed by atoms with Crippen LogP contribution in [0.1, 0.15) is 26.7 Å². The topological polar surface area (TPSA) is 87.5 Å². The van der Waals surface area contributed by atoms with Gasteiger partial charge < -0.3 is 19.5 Å². The number of carbonyl (C=O) groups excluding carboxylic acids is 1. The van der Waals surface area contributed by atoms with Gasteiger partial charge in [0.15, 0.2) is 22.5 Å². The number of hydrogen-bond donors (Lipinski definition) is 1. The number of nitrogens with zero attached hydrogens (tertiary/aromatic N) is 3. The Balaban J connectivity index is 2.06. The maximum Gasteiger partial charge on any atom is 0.230 e. The predicted octanol–water partition coefficient (Wildman–Crippen LogP) is 4.50. The highest BCUT2D eigenvalue weighted by molar-refractivity contribution is 7.99. The fourth-order valence-corrected chi connectivity index (χ4v) is 4.26. The molecule has 1 N–H and O–H groups in total. The molecule has 34 heavy (non-hydrogen) atoms. The first kappa shape index (κ1) is 25.4. The third-order valence-electron chi connectivity index (χ3n) is 5.33. The molecular formula is C24H29FN4O4S. The second-order valence-electron chi connectivity index (χ2n) is 7.38. The van der Waals surface area contributed by atoms with E-state index in [1.165, 1.54) is 39.2 Å². The number of hydrogen-bond acceptors (Lipinski definition) is 7. The van der Waals surface area contributed by atoms with Gasteiger partial charge in [-0.05, 0) is 37.1 Å². The average Bonchev–Trinajstić information content (AvgIpc) is 3.28. The summed E-state index contributed by atoms with van der Waals surface area (Å²) in [5, 5.41) is 12.0. The van der Waals surface area contributed by atoms with Crippen molar-refractivity contribution in [2.45, 2.75) is 37.9 Å². The Hall–Kier alpha value is -3.27.